The molecular weight excluding hydrogens is 325 g/mol. The number of hydrogen-bond donors (Lipinski definition) is 0. The molecule has 0 saturated carbocycles. The van der Waals surface area contributed by atoms with Crippen LogP contribution < -0.4 is 10.9 Å². The van der Waals surface area contributed by atoms with Crippen LogP contribution in [-0.2, 0) is 0 Å². The predicted octanol–water partition coefficient (Wildman–Crippen LogP) is 4.77. The first-order valence-corrected chi connectivity index (χ1v) is 9.42. The van der Waals surface area contributed by atoms with Gasteiger partial charge >= 0.3 is 0 Å². The molecule has 0 fully saturated rings. The second-order valence-electron chi connectivity index (χ2n) is 7.04. The summed E-state index contributed by atoms with van der Waals surface area (Å²) >= 11 is 0. The molecule has 0 spiro atoms. The van der Waals surface area contributed by atoms with Gasteiger partial charge in [-0.2, -0.15) is 0 Å². The molecule has 0 aliphatic carbocycles. The van der Waals surface area contributed by atoms with Gasteiger partial charge < -0.3 is 4.57 Å². The van der Waals surface area contributed by atoms with Crippen molar-refractivity contribution in [3.63, 3.8) is 0 Å². The van der Waals surface area contributed by atoms with E-state index in [9.17, 15) is 0 Å². The monoisotopic (exact) mass is 345 g/mol. The van der Waals surface area contributed by atoms with Gasteiger partial charge in [0.2, 0.25) is 0 Å². The highest BCUT2D eigenvalue weighted by molar-refractivity contribution is 6.73. The van der Waals surface area contributed by atoms with Crippen LogP contribution in [0.25, 0.3) is 38.6 Å². The van der Waals surface area contributed by atoms with Crippen molar-refractivity contribution >= 4 is 45.7 Å². The lowest BCUT2D eigenvalue weighted by Gasteiger charge is -2.10. The molecule has 0 atom stereocenters. The molecule has 0 saturated heterocycles. The molecule has 1 aliphatic heterocycles. The Kier molecular flexibility index (Phi) is 3.65. The van der Waals surface area contributed by atoms with Crippen LogP contribution in [0, 0.1) is 0 Å². The van der Waals surface area contributed by atoms with E-state index in [4.69, 9.17) is 0 Å². The van der Waals surface area contributed by atoms with Gasteiger partial charge in [0.25, 0.3) is 0 Å². The summed E-state index contributed by atoms with van der Waals surface area (Å²) in [6.45, 7) is 5.97. The molecular formula is C25H20BN. The third kappa shape index (κ3) is 2.34. The topological polar surface area (TPSA) is 4.93 Å². The summed E-state index contributed by atoms with van der Waals surface area (Å²) < 4.78 is 2.35. The number of allylic oxidation sites excluding steroid dienone is 5. The lowest BCUT2D eigenvalue weighted by molar-refractivity contribution is 1.24. The molecule has 0 bridgehead atoms. The molecule has 1 aliphatic rings. The number of nitrogens with zero attached hydrogens (tertiary/aromatic N) is 1. The molecule has 128 valence electrons. The lowest BCUT2D eigenvalue weighted by Crippen LogP contribution is -2.20. The molecule has 3 aromatic carbocycles. The van der Waals surface area contributed by atoms with Crippen LogP contribution in [0.15, 0.2) is 91.5 Å². The third-order valence-corrected chi connectivity index (χ3v) is 5.47. The number of fused-ring (bicyclic) bond motifs is 6. The summed E-state index contributed by atoms with van der Waals surface area (Å²) in [5.74, 6) is 0. The SMILES string of the molecule is C=C/C=C(\C=C/C)n1c2ccccc2c2cc3c(cc21)-c1ccccc1B3. The molecule has 2 heterocycles. The van der Waals surface area contributed by atoms with Crippen LogP contribution in [0.3, 0.4) is 0 Å². The number of aromatic nitrogens is 1. The zero-order valence-corrected chi connectivity index (χ0v) is 15.4. The van der Waals surface area contributed by atoms with E-state index in [-0.39, 0.29) is 0 Å². The van der Waals surface area contributed by atoms with Crippen LogP contribution in [0.1, 0.15) is 6.92 Å². The summed E-state index contributed by atoms with van der Waals surface area (Å²) in [5.41, 5.74) is 9.18. The van der Waals surface area contributed by atoms with Gasteiger partial charge in [0.1, 0.15) is 0 Å². The first-order chi connectivity index (χ1) is 13.3. The fourth-order valence-electron chi connectivity index (χ4n) is 4.37. The zero-order valence-electron chi connectivity index (χ0n) is 15.4. The van der Waals surface area contributed by atoms with E-state index in [1.807, 2.05) is 6.08 Å². The van der Waals surface area contributed by atoms with Crippen LogP contribution in [-0.4, -0.2) is 11.8 Å². The largest absolute Gasteiger partial charge is 0.309 e. The van der Waals surface area contributed by atoms with Crippen molar-refractivity contribution < 1.29 is 0 Å². The fourth-order valence-corrected chi connectivity index (χ4v) is 4.37. The summed E-state index contributed by atoms with van der Waals surface area (Å²) in [4.78, 5) is 0. The van der Waals surface area contributed by atoms with E-state index in [2.05, 4.69) is 97.0 Å². The maximum absolute atomic E-state index is 3.92. The maximum atomic E-state index is 3.92. The summed E-state index contributed by atoms with van der Waals surface area (Å²) in [6, 6.07) is 22.2. The minimum absolute atomic E-state index is 1.02. The highest BCUT2D eigenvalue weighted by Crippen LogP contribution is 2.34. The Morgan fingerprint density at radius 1 is 0.889 bits per heavy atom. The average Bonchev–Trinajstić information content (AvgIpc) is 3.21. The molecule has 27 heavy (non-hydrogen) atoms. The van der Waals surface area contributed by atoms with Gasteiger partial charge in [-0.15, -0.1) is 0 Å². The Labute approximate surface area is 160 Å². The molecule has 0 N–H and O–H groups in total. The van der Waals surface area contributed by atoms with E-state index < -0.39 is 0 Å². The van der Waals surface area contributed by atoms with Gasteiger partial charge in [-0.25, -0.2) is 0 Å². The first kappa shape index (κ1) is 16.0. The second kappa shape index (κ2) is 6.17. The third-order valence-electron chi connectivity index (χ3n) is 5.47. The lowest BCUT2D eigenvalue weighted by atomic mass is 9.68. The molecule has 2 heteroatoms. The minimum atomic E-state index is 1.02. The number of rotatable bonds is 3. The van der Waals surface area contributed by atoms with Crippen molar-refractivity contribution in [1.29, 1.82) is 0 Å². The highest BCUT2D eigenvalue weighted by atomic mass is 15.0. The maximum Gasteiger partial charge on any atom is 0.193 e. The molecule has 4 aromatic rings. The standard InChI is InChI=1S/C25H20BN/c1-3-9-17(10-4-2)27-24-14-8-6-12-19(24)21-15-23-20(16-25(21)27)18-11-5-7-13-22(18)26-23/h3-16,26H,1H2,2H3/b10-4-,17-9+. The molecule has 5 rings (SSSR count). The van der Waals surface area contributed by atoms with Crippen molar-refractivity contribution in [1.82, 2.24) is 4.57 Å². The fraction of sp³-hybridized carbons (Fsp3) is 0.0400. The Balaban J connectivity index is 1.91. The molecule has 1 aromatic heterocycles. The average molecular weight is 345 g/mol. The normalized spacial score (nSPS) is 13.1. The molecule has 0 amide bonds. The van der Waals surface area contributed by atoms with E-state index in [1.54, 1.807) is 0 Å². The Hall–Kier alpha value is -3.26. The highest BCUT2D eigenvalue weighted by Gasteiger charge is 2.22. The molecule has 0 radical (unpaired) electrons. The number of hydrogen-bond acceptors (Lipinski definition) is 0. The predicted molar refractivity (Wildman–Crippen MR) is 121 cm³/mol. The van der Waals surface area contributed by atoms with E-state index in [0.29, 0.717) is 0 Å². The van der Waals surface area contributed by atoms with Crippen LogP contribution in [0.2, 0.25) is 0 Å². The smallest absolute Gasteiger partial charge is 0.193 e. The Morgan fingerprint density at radius 2 is 1.70 bits per heavy atom. The summed E-state index contributed by atoms with van der Waals surface area (Å²) in [7, 11) is 1.02. The second-order valence-corrected chi connectivity index (χ2v) is 7.04. The van der Waals surface area contributed by atoms with E-state index >= 15 is 0 Å². The van der Waals surface area contributed by atoms with Crippen molar-refractivity contribution in [2.24, 2.45) is 0 Å². The van der Waals surface area contributed by atoms with Crippen molar-refractivity contribution in [2.75, 3.05) is 0 Å². The zero-order chi connectivity index (χ0) is 18.4. The first-order valence-electron chi connectivity index (χ1n) is 9.42. The van der Waals surface area contributed by atoms with Crippen LogP contribution >= 0.6 is 0 Å². The van der Waals surface area contributed by atoms with Crippen molar-refractivity contribution in [2.45, 2.75) is 6.92 Å². The van der Waals surface area contributed by atoms with Crippen molar-refractivity contribution in [3.8, 4) is 11.1 Å². The number of para-hydroxylation sites is 1. The van der Waals surface area contributed by atoms with E-state index in [1.165, 1.54) is 43.9 Å². The molecule has 0 unspecified atom stereocenters. The summed E-state index contributed by atoms with van der Waals surface area (Å²) in [5, 5.41) is 2.61. The molecule has 1 nitrogen and oxygen atoms in total. The van der Waals surface area contributed by atoms with Gasteiger partial charge in [-0.3, -0.25) is 0 Å². The van der Waals surface area contributed by atoms with Gasteiger partial charge in [-0.1, -0.05) is 78.2 Å². The van der Waals surface area contributed by atoms with Crippen LogP contribution in [0.5, 0.6) is 0 Å². The van der Waals surface area contributed by atoms with Gasteiger partial charge in [0.15, 0.2) is 7.28 Å². The quantitative estimate of drug-likeness (QED) is 0.328. The van der Waals surface area contributed by atoms with E-state index in [0.717, 1.165) is 13.0 Å². The number of benzene rings is 3. The van der Waals surface area contributed by atoms with Gasteiger partial charge in [-0.05, 0) is 42.3 Å². The Bertz CT molecular complexity index is 1270. The van der Waals surface area contributed by atoms with Crippen molar-refractivity contribution in [3.05, 3.63) is 91.5 Å². The van der Waals surface area contributed by atoms with Crippen LogP contribution in [0.4, 0.5) is 0 Å². The van der Waals surface area contributed by atoms with Gasteiger partial charge in [0.05, 0.1) is 11.0 Å². The summed E-state index contributed by atoms with van der Waals surface area (Å²) in [6.07, 6.45) is 8.17. The Morgan fingerprint density at radius 3 is 2.56 bits per heavy atom. The minimum Gasteiger partial charge on any atom is -0.309 e. The van der Waals surface area contributed by atoms with Gasteiger partial charge in [0, 0.05) is 16.5 Å².